The number of hydrogen-bond donors (Lipinski definition) is 2. The van der Waals surface area contributed by atoms with Gasteiger partial charge in [-0.25, -0.2) is 0 Å². The molecule has 2 N–H and O–H groups in total. The van der Waals surface area contributed by atoms with Crippen LogP contribution in [0.1, 0.15) is 55.4 Å². The van der Waals surface area contributed by atoms with Crippen LogP contribution in [0.3, 0.4) is 0 Å². The molecule has 1 aromatic carbocycles. The van der Waals surface area contributed by atoms with Gasteiger partial charge >= 0.3 is 0 Å². The highest BCUT2D eigenvalue weighted by Crippen LogP contribution is 2.25. The van der Waals surface area contributed by atoms with Crippen LogP contribution in [-0.2, 0) is 6.54 Å². The molecule has 0 spiro atoms. The number of amides is 1. The van der Waals surface area contributed by atoms with E-state index in [4.69, 9.17) is 4.42 Å². The molecule has 0 aliphatic carbocycles. The molecule has 0 unspecified atom stereocenters. The summed E-state index contributed by atoms with van der Waals surface area (Å²) in [7, 11) is 0. The van der Waals surface area contributed by atoms with Gasteiger partial charge in [0, 0.05) is 24.7 Å². The van der Waals surface area contributed by atoms with Gasteiger partial charge in [-0.3, -0.25) is 4.79 Å². The lowest BCUT2D eigenvalue weighted by atomic mass is 10.1. The first-order valence-corrected chi connectivity index (χ1v) is 10.8. The molecule has 2 heterocycles. The van der Waals surface area contributed by atoms with Gasteiger partial charge < -0.3 is 19.2 Å². The monoisotopic (exact) mass is 396 g/mol. The summed E-state index contributed by atoms with van der Waals surface area (Å²) in [6, 6.07) is 14.2. The maximum atomic E-state index is 13.0. The van der Waals surface area contributed by atoms with Gasteiger partial charge in [0.2, 0.25) is 0 Å². The van der Waals surface area contributed by atoms with E-state index >= 15 is 0 Å². The average molecular weight is 397 g/mol. The predicted molar refractivity (Wildman–Crippen MR) is 118 cm³/mol. The van der Waals surface area contributed by atoms with Crippen molar-refractivity contribution in [1.82, 2.24) is 9.88 Å². The lowest BCUT2D eigenvalue weighted by Crippen LogP contribution is -3.11. The molecule has 0 aliphatic rings. The third-order valence-corrected chi connectivity index (χ3v) is 5.67. The van der Waals surface area contributed by atoms with E-state index in [1.807, 2.05) is 37.3 Å². The van der Waals surface area contributed by atoms with Crippen LogP contribution >= 0.6 is 0 Å². The number of carbonyl (C=O) groups excluding carboxylic acids is 1. The number of rotatable bonds is 10. The van der Waals surface area contributed by atoms with Gasteiger partial charge in [-0.2, -0.15) is 0 Å². The summed E-state index contributed by atoms with van der Waals surface area (Å²) in [6.07, 6.45) is 2.11. The Morgan fingerprint density at radius 3 is 2.59 bits per heavy atom. The highest BCUT2D eigenvalue weighted by atomic mass is 16.3. The van der Waals surface area contributed by atoms with E-state index in [9.17, 15) is 4.79 Å². The molecule has 3 rings (SSSR count). The summed E-state index contributed by atoms with van der Waals surface area (Å²) < 4.78 is 7.85. The molecule has 0 saturated heterocycles. The summed E-state index contributed by atoms with van der Waals surface area (Å²) in [5.41, 5.74) is 3.55. The Labute approximate surface area is 173 Å². The van der Waals surface area contributed by atoms with E-state index in [-0.39, 0.29) is 11.9 Å². The van der Waals surface area contributed by atoms with Crippen LogP contribution < -0.4 is 10.2 Å². The number of hydrogen-bond acceptors (Lipinski definition) is 2. The third kappa shape index (κ3) is 5.30. The molecule has 5 nitrogen and oxygen atoms in total. The number of aromatic nitrogens is 1. The maximum absolute atomic E-state index is 13.0. The normalized spacial score (nSPS) is 12.6. The van der Waals surface area contributed by atoms with Crippen molar-refractivity contribution < 1.29 is 14.1 Å². The zero-order chi connectivity index (χ0) is 20.8. The smallest absolute Gasteiger partial charge is 0.268 e. The second kappa shape index (κ2) is 9.79. The van der Waals surface area contributed by atoms with Crippen molar-refractivity contribution in [3.8, 4) is 0 Å². The van der Waals surface area contributed by atoms with Crippen molar-refractivity contribution in [3.05, 3.63) is 59.5 Å². The minimum Gasteiger partial charge on any atom is -0.460 e. The molecule has 3 aromatic rings. The Balaban J connectivity index is 1.72. The minimum absolute atomic E-state index is 0.0346. The van der Waals surface area contributed by atoms with E-state index in [0.717, 1.165) is 54.9 Å². The molecular formula is C24H34N3O2+. The first-order chi connectivity index (χ1) is 14.0. The van der Waals surface area contributed by atoms with E-state index in [0.29, 0.717) is 12.2 Å². The Morgan fingerprint density at radius 1 is 1.17 bits per heavy atom. The van der Waals surface area contributed by atoms with Crippen LogP contribution in [-0.4, -0.2) is 36.2 Å². The fourth-order valence-electron chi connectivity index (χ4n) is 3.92. The van der Waals surface area contributed by atoms with Crippen molar-refractivity contribution in [2.45, 2.75) is 53.1 Å². The minimum atomic E-state index is -0.0346. The molecule has 2 aromatic heterocycles. The summed E-state index contributed by atoms with van der Waals surface area (Å²) in [5.74, 6) is 0.823. The molecule has 0 fully saturated rings. The van der Waals surface area contributed by atoms with E-state index in [1.54, 1.807) is 4.90 Å². The second-order valence-electron chi connectivity index (χ2n) is 7.93. The first-order valence-electron chi connectivity index (χ1n) is 10.8. The van der Waals surface area contributed by atoms with Gasteiger partial charge in [0.05, 0.1) is 25.2 Å². The lowest BCUT2D eigenvalue weighted by molar-refractivity contribution is -0.896. The fraction of sp³-hybridized carbons (Fsp3) is 0.458. The van der Waals surface area contributed by atoms with Gasteiger partial charge in [0.1, 0.15) is 11.5 Å². The molecule has 0 saturated carbocycles. The van der Waals surface area contributed by atoms with Gasteiger partial charge in [0.15, 0.2) is 5.58 Å². The van der Waals surface area contributed by atoms with Crippen molar-refractivity contribution in [1.29, 1.82) is 0 Å². The number of fused-ring (bicyclic) bond motifs is 1. The summed E-state index contributed by atoms with van der Waals surface area (Å²) >= 11 is 0. The zero-order valence-corrected chi connectivity index (χ0v) is 18.1. The van der Waals surface area contributed by atoms with Gasteiger partial charge in [-0.1, -0.05) is 30.3 Å². The summed E-state index contributed by atoms with van der Waals surface area (Å²) in [6.45, 7) is 12.6. The molecule has 1 amide bonds. The lowest BCUT2D eigenvalue weighted by Gasteiger charge is -2.18. The standard InChI is InChI=1S/C24H33N3O2/c1-5-26(6-2)14-10-11-18(3)25-24(28)22-16-23-21(15-19(4)29-23)27(22)17-20-12-8-7-9-13-20/h7-9,12-13,15-16,18H,5-6,10-11,14,17H2,1-4H3,(H,25,28)/p+1/t18-/m0/s1. The van der Waals surface area contributed by atoms with Gasteiger partial charge in [0.25, 0.3) is 5.91 Å². The molecule has 29 heavy (non-hydrogen) atoms. The number of aryl methyl sites for hydroxylation is 1. The topological polar surface area (TPSA) is 51.6 Å². The van der Waals surface area contributed by atoms with Gasteiger partial charge in [-0.15, -0.1) is 0 Å². The number of benzene rings is 1. The molecule has 1 atom stereocenters. The highest BCUT2D eigenvalue weighted by molar-refractivity contribution is 5.97. The van der Waals surface area contributed by atoms with Crippen molar-refractivity contribution >= 4 is 17.0 Å². The predicted octanol–water partition coefficient (Wildman–Crippen LogP) is 3.41. The molecule has 0 bridgehead atoms. The molecular weight excluding hydrogens is 362 g/mol. The average Bonchev–Trinajstić information content (AvgIpc) is 3.23. The van der Waals surface area contributed by atoms with Crippen LogP contribution in [0.5, 0.6) is 0 Å². The van der Waals surface area contributed by atoms with Crippen molar-refractivity contribution in [3.63, 3.8) is 0 Å². The Morgan fingerprint density at radius 2 is 1.90 bits per heavy atom. The maximum Gasteiger partial charge on any atom is 0.268 e. The largest absolute Gasteiger partial charge is 0.460 e. The van der Waals surface area contributed by atoms with E-state index < -0.39 is 0 Å². The van der Waals surface area contributed by atoms with Crippen LogP contribution in [0.25, 0.3) is 11.1 Å². The highest BCUT2D eigenvalue weighted by Gasteiger charge is 2.20. The number of carbonyl (C=O) groups is 1. The Bertz CT molecular complexity index is 922. The van der Waals surface area contributed by atoms with E-state index in [2.05, 4.69) is 42.8 Å². The molecule has 0 radical (unpaired) electrons. The van der Waals surface area contributed by atoms with Crippen LogP contribution in [0, 0.1) is 6.92 Å². The fourth-order valence-corrected chi connectivity index (χ4v) is 3.92. The summed E-state index contributed by atoms with van der Waals surface area (Å²) in [5, 5.41) is 3.19. The SMILES string of the molecule is CC[NH+](CC)CCC[C@H](C)NC(=O)c1cc2oc(C)cc2n1Cc1ccccc1. The molecule has 5 heteroatoms. The molecule has 156 valence electrons. The Hall–Kier alpha value is -2.53. The molecule has 0 aliphatic heterocycles. The second-order valence-corrected chi connectivity index (χ2v) is 7.93. The summed E-state index contributed by atoms with van der Waals surface area (Å²) in [4.78, 5) is 14.7. The van der Waals surface area contributed by atoms with Crippen LogP contribution in [0.15, 0.2) is 46.9 Å². The van der Waals surface area contributed by atoms with Crippen molar-refractivity contribution in [2.75, 3.05) is 19.6 Å². The number of nitrogens with zero attached hydrogens (tertiary/aromatic N) is 1. The first kappa shape index (κ1) is 21.2. The number of quaternary nitrogens is 1. The van der Waals surface area contributed by atoms with Crippen molar-refractivity contribution in [2.24, 2.45) is 0 Å². The van der Waals surface area contributed by atoms with E-state index in [1.165, 1.54) is 0 Å². The quantitative estimate of drug-likeness (QED) is 0.552. The third-order valence-electron chi connectivity index (χ3n) is 5.67. The van der Waals surface area contributed by atoms with Gasteiger partial charge in [-0.05, 0) is 46.1 Å². The number of nitrogens with one attached hydrogen (secondary N) is 2. The van der Waals surface area contributed by atoms with Crippen LogP contribution in [0.2, 0.25) is 0 Å². The zero-order valence-electron chi connectivity index (χ0n) is 18.1. The van der Waals surface area contributed by atoms with Crippen LogP contribution in [0.4, 0.5) is 0 Å². The Kier molecular flexibility index (Phi) is 7.15. The number of furan rings is 1.